The van der Waals surface area contributed by atoms with Crippen LogP contribution in [0, 0.1) is 11.3 Å². The van der Waals surface area contributed by atoms with Crippen LogP contribution in [-0.4, -0.2) is 65.7 Å². The van der Waals surface area contributed by atoms with E-state index in [9.17, 15) is 9.90 Å². The molecular weight excluding hydrogens is 300 g/mol. The van der Waals surface area contributed by atoms with Gasteiger partial charge in [-0.25, -0.2) is 0 Å². The quantitative estimate of drug-likeness (QED) is 0.843. The number of nitrogens with zero attached hydrogens (tertiary/aromatic N) is 3. The lowest BCUT2D eigenvalue weighted by molar-refractivity contribution is -0.118. The average Bonchev–Trinajstić information content (AvgIpc) is 2.88. The minimum atomic E-state index is -0.333. The fraction of sp³-hybridized carbons (Fsp3) is 0.600. The first-order chi connectivity index (χ1) is 10.5. The molecule has 1 amide bonds. The fourth-order valence-electron chi connectivity index (χ4n) is 2.69. The van der Waals surface area contributed by atoms with E-state index in [0.717, 1.165) is 19.6 Å². The smallest absolute Gasteiger partial charge is 0.239 e. The fourth-order valence-corrected chi connectivity index (χ4v) is 3.44. The summed E-state index contributed by atoms with van der Waals surface area (Å²) in [6.07, 6.45) is -0.333. The number of piperazine rings is 1. The molecular formula is C15H22N4O2S. The molecule has 1 aliphatic rings. The van der Waals surface area contributed by atoms with Crippen molar-refractivity contribution in [3.8, 4) is 6.07 Å². The number of anilines is 1. The van der Waals surface area contributed by atoms with Gasteiger partial charge in [-0.15, -0.1) is 11.3 Å². The predicted molar refractivity (Wildman–Crippen MR) is 86.8 cm³/mol. The number of aliphatic hydroxyl groups is 1. The molecule has 120 valence electrons. The Balaban J connectivity index is 1.82. The highest BCUT2D eigenvalue weighted by atomic mass is 32.1. The molecule has 0 aliphatic carbocycles. The molecule has 1 aliphatic heterocycles. The monoisotopic (exact) mass is 322 g/mol. The van der Waals surface area contributed by atoms with Crippen LogP contribution >= 0.6 is 11.3 Å². The first-order valence-electron chi connectivity index (χ1n) is 7.41. The Morgan fingerprint density at radius 3 is 3.05 bits per heavy atom. The molecule has 0 saturated carbocycles. The van der Waals surface area contributed by atoms with Crippen LogP contribution in [0.25, 0.3) is 0 Å². The van der Waals surface area contributed by atoms with E-state index in [4.69, 9.17) is 5.26 Å². The Kier molecular flexibility index (Phi) is 5.91. The molecule has 2 N–H and O–H groups in total. The van der Waals surface area contributed by atoms with Gasteiger partial charge >= 0.3 is 0 Å². The number of aliphatic hydroxyl groups excluding tert-OH is 1. The molecule has 2 unspecified atom stereocenters. The summed E-state index contributed by atoms with van der Waals surface area (Å²) >= 11 is 1.36. The summed E-state index contributed by atoms with van der Waals surface area (Å²) in [5, 5.41) is 23.7. The molecule has 0 spiro atoms. The first-order valence-corrected chi connectivity index (χ1v) is 8.29. The largest absolute Gasteiger partial charge is 0.392 e. The van der Waals surface area contributed by atoms with Crippen LogP contribution in [-0.2, 0) is 4.79 Å². The third kappa shape index (κ3) is 4.52. The van der Waals surface area contributed by atoms with Gasteiger partial charge in [-0.3, -0.25) is 14.6 Å². The summed E-state index contributed by atoms with van der Waals surface area (Å²) < 4.78 is 0. The molecule has 1 saturated heterocycles. The lowest BCUT2D eigenvalue weighted by Gasteiger charge is -2.40. The van der Waals surface area contributed by atoms with Gasteiger partial charge in [-0.05, 0) is 25.3 Å². The lowest BCUT2D eigenvalue weighted by atomic mass is 10.1. The molecule has 7 heteroatoms. The van der Waals surface area contributed by atoms with E-state index in [1.807, 2.05) is 0 Å². The first kappa shape index (κ1) is 16.9. The van der Waals surface area contributed by atoms with Gasteiger partial charge < -0.3 is 10.4 Å². The van der Waals surface area contributed by atoms with Gasteiger partial charge in [0, 0.05) is 32.2 Å². The summed E-state index contributed by atoms with van der Waals surface area (Å²) in [7, 11) is 0. The van der Waals surface area contributed by atoms with E-state index in [1.54, 1.807) is 18.4 Å². The minimum absolute atomic E-state index is 0.0878. The van der Waals surface area contributed by atoms with Crippen molar-refractivity contribution in [1.82, 2.24) is 9.80 Å². The van der Waals surface area contributed by atoms with Crippen LogP contribution < -0.4 is 5.32 Å². The van der Waals surface area contributed by atoms with Crippen molar-refractivity contribution in [2.75, 3.05) is 38.0 Å². The highest BCUT2D eigenvalue weighted by Gasteiger charge is 2.25. The van der Waals surface area contributed by atoms with E-state index in [-0.39, 0.29) is 12.0 Å². The van der Waals surface area contributed by atoms with Gasteiger partial charge in [-0.1, -0.05) is 0 Å². The molecule has 1 aromatic rings. The van der Waals surface area contributed by atoms with Gasteiger partial charge in [0.05, 0.1) is 18.2 Å². The topological polar surface area (TPSA) is 79.6 Å². The van der Waals surface area contributed by atoms with Crippen LogP contribution in [0.3, 0.4) is 0 Å². The maximum Gasteiger partial charge on any atom is 0.239 e. The van der Waals surface area contributed by atoms with Gasteiger partial charge in [-0.2, -0.15) is 5.26 Å². The van der Waals surface area contributed by atoms with Crippen LogP contribution in [0.2, 0.25) is 0 Å². The summed E-state index contributed by atoms with van der Waals surface area (Å²) in [5.41, 5.74) is 0.508. The molecule has 2 atom stereocenters. The molecule has 0 aromatic carbocycles. The molecule has 22 heavy (non-hydrogen) atoms. The average molecular weight is 322 g/mol. The summed E-state index contributed by atoms with van der Waals surface area (Å²) in [6.45, 7) is 7.36. The molecule has 2 heterocycles. The number of hydrogen-bond acceptors (Lipinski definition) is 6. The van der Waals surface area contributed by atoms with Crippen molar-refractivity contribution in [3.05, 3.63) is 17.0 Å². The Hall–Kier alpha value is -1.46. The van der Waals surface area contributed by atoms with E-state index in [0.29, 0.717) is 29.7 Å². The molecule has 0 radical (unpaired) electrons. The number of nitrogens with one attached hydrogen (secondary N) is 1. The zero-order valence-corrected chi connectivity index (χ0v) is 13.8. The van der Waals surface area contributed by atoms with E-state index < -0.39 is 0 Å². The molecule has 1 aromatic heterocycles. The molecule has 0 bridgehead atoms. The number of rotatable bonds is 5. The van der Waals surface area contributed by atoms with Crippen molar-refractivity contribution in [3.63, 3.8) is 0 Å². The Bertz CT molecular complexity index is 552. The second-order valence-corrected chi connectivity index (χ2v) is 6.67. The maximum absolute atomic E-state index is 12.1. The summed E-state index contributed by atoms with van der Waals surface area (Å²) in [5.74, 6) is -0.0878. The molecule has 1 fully saturated rings. The number of carbonyl (C=O) groups is 1. The highest BCUT2D eigenvalue weighted by Crippen LogP contribution is 2.22. The van der Waals surface area contributed by atoms with Gasteiger partial charge in [0.25, 0.3) is 0 Å². The Morgan fingerprint density at radius 2 is 2.41 bits per heavy atom. The summed E-state index contributed by atoms with van der Waals surface area (Å²) in [4.78, 5) is 16.5. The second kappa shape index (κ2) is 7.70. The van der Waals surface area contributed by atoms with Crippen molar-refractivity contribution in [2.24, 2.45) is 0 Å². The number of thiophene rings is 1. The Labute approximate surface area is 134 Å². The number of hydrogen-bond donors (Lipinski definition) is 2. The van der Waals surface area contributed by atoms with Gasteiger partial charge in [0.15, 0.2) is 0 Å². The molecule has 2 rings (SSSR count). The third-order valence-corrected chi connectivity index (χ3v) is 4.58. The van der Waals surface area contributed by atoms with Crippen LogP contribution in [0.4, 0.5) is 5.00 Å². The lowest BCUT2D eigenvalue weighted by Crippen LogP contribution is -2.54. The number of carbonyl (C=O) groups excluding carboxylic acids is 1. The summed E-state index contributed by atoms with van der Waals surface area (Å²) in [6, 6.07) is 4.09. The number of β-amino-alcohol motifs (C(OH)–C–C–N with tert-alkyl or cyclic N) is 1. The number of nitriles is 1. The maximum atomic E-state index is 12.1. The zero-order valence-electron chi connectivity index (χ0n) is 13.0. The predicted octanol–water partition coefficient (Wildman–Crippen LogP) is 0.945. The molecule has 6 nitrogen and oxygen atoms in total. The Morgan fingerprint density at radius 1 is 1.64 bits per heavy atom. The zero-order chi connectivity index (χ0) is 16.1. The van der Waals surface area contributed by atoms with Crippen molar-refractivity contribution in [2.45, 2.75) is 26.0 Å². The van der Waals surface area contributed by atoms with E-state index in [1.165, 1.54) is 11.3 Å². The SMILES string of the molecule is CC(O)CN1CCN(CC(=O)Nc2sccc2C#N)CC1C. The van der Waals surface area contributed by atoms with Crippen molar-refractivity contribution in [1.29, 1.82) is 5.26 Å². The second-order valence-electron chi connectivity index (χ2n) is 5.75. The van der Waals surface area contributed by atoms with Crippen molar-refractivity contribution < 1.29 is 9.90 Å². The van der Waals surface area contributed by atoms with Gasteiger partial charge in [0.2, 0.25) is 5.91 Å². The normalized spacial score (nSPS) is 21.3. The van der Waals surface area contributed by atoms with Gasteiger partial charge in [0.1, 0.15) is 11.1 Å². The third-order valence-electron chi connectivity index (χ3n) is 3.75. The van der Waals surface area contributed by atoms with Crippen molar-refractivity contribution >= 4 is 22.2 Å². The minimum Gasteiger partial charge on any atom is -0.392 e. The van der Waals surface area contributed by atoms with Crippen LogP contribution in [0.5, 0.6) is 0 Å². The standard InChI is InChI=1S/C15H22N4O2S/c1-11-8-18(4-5-19(11)9-12(2)20)10-14(21)17-15-13(7-16)3-6-22-15/h3,6,11-12,20H,4-5,8-10H2,1-2H3,(H,17,21). The number of amides is 1. The highest BCUT2D eigenvalue weighted by molar-refractivity contribution is 7.14. The van der Waals surface area contributed by atoms with Crippen LogP contribution in [0.1, 0.15) is 19.4 Å². The van der Waals surface area contributed by atoms with Crippen LogP contribution in [0.15, 0.2) is 11.4 Å². The van der Waals surface area contributed by atoms with E-state index >= 15 is 0 Å². The van der Waals surface area contributed by atoms with E-state index in [2.05, 4.69) is 28.1 Å².